The number of nitrogens with zero attached hydrogens (tertiary/aromatic N) is 1. The van der Waals surface area contributed by atoms with Crippen LogP contribution in [0.2, 0.25) is 0 Å². The first-order valence-corrected chi connectivity index (χ1v) is 11.7. The second kappa shape index (κ2) is 8.81. The van der Waals surface area contributed by atoms with E-state index in [9.17, 15) is 18.3 Å². The van der Waals surface area contributed by atoms with Gasteiger partial charge in [0.2, 0.25) is 0 Å². The van der Waals surface area contributed by atoms with E-state index in [4.69, 9.17) is 0 Å². The normalized spacial score (nSPS) is 13.1. The molecule has 160 valence electrons. The summed E-state index contributed by atoms with van der Waals surface area (Å²) in [5.74, 6) is -0.0751. The van der Waals surface area contributed by atoms with Crippen molar-refractivity contribution in [2.24, 2.45) is 0 Å². The van der Waals surface area contributed by atoms with Crippen molar-refractivity contribution in [3.05, 3.63) is 89.5 Å². The molecule has 31 heavy (non-hydrogen) atoms. The minimum atomic E-state index is -3.74. The molecule has 0 spiro atoms. The van der Waals surface area contributed by atoms with Crippen LogP contribution in [-0.4, -0.2) is 32.5 Å². The van der Waals surface area contributed by atoms with E-state index in [1.807, 2.05) is 36.4 Å². The number of fused-ring (bicyclic) bond motifs is 1. The van der Waals surface area contributed by atoms with Crippen molar-refractivity contribution in [1.29, 1.82) is 0 Å². The monoisotopic (exact) mass is 436 g/mol. The number of para-hydroxylation sites is 1. The molecule has 0 aromatic heterocycles. The largest absolute Gasteiger partial charge is 0.508 e. The lowest BCUT2D eigenvalue weighted by molar-refractivity contribution is 0.0953. The highest BCUT2D eigenvalue weighted by Crippen LogP contribution is 2.32. The first-order valence-electron chi connectivity index (χ1n) is 10.2. The van der Waals surface area contributed by atoms with Gasteiger partial charge in [0.05, 0.1) is 10.6 Å². The Morgan fingerprint density at radius 3 is 2.58 bits per heavy atom. The van der Waals surface area contributed by atoms with Crippen LogP contribution in [0.15, 0.2) is 77.7 Å². The molecule has 4 rings (SSSR count). The van der Waals surface area contributed by atoms with E-state index < -0.39 is 10.0 Å². The second-order valence-corrected chi connectivity index (χ2v) is 9.37. The Morgan fingerprint density at radius 2 is 1.77 bits per heavy atom. The average molecular weight is 437 g/mol. The molecule has 2 N–H and O–H groups in total. The van der Waals surface area contributed by atoms with Gasteiger partial charge >= 0.3 is 0 Å². The molecule has 1 aliphatic heterocycles. The SMILES string of the molecule is O=C(NCCCc1ccc(O)cc1)c1cccc(S(=O)(=O)N2CCc3ccccc32)c1. The third-order valence-electron chi connectivity index (χ3n) is 5.39. The predicted molar refractivity (Wildman–Crippen MR) is 120 cm³/mol. The zero-order chi connectivity index (χ0) is 21.8. The number of phenolic OH excluding ortho intramolecular Hbond substituents is 1. The molecule has 0 radical (unpaired) electrons. The van der Waals surface area contributed by atoms with Crippen LogP contribution in [0, 0.1) is 0 Å². The number of hydrogen-bond donors (Lipinski definition) is 2. The predicted octanol–water partition coefficient (Wildman–Crippen LogP) is 3.51. The van der Waals surface area contributed by atoms with Gasteiger partial charge in [-0.15, -0.1) is 0 Å². The van der Waals surface area contributed by atoms with Gasteiger partial charge in [-0.1, -0.05) is 36.4 Å². The molecule has 7 heteroatoms. The second-order valence-electron chi connectivity index (χ2n) is 7.51. The van der Waals surface area contributed by atoms with E-state index in [2.05, 4.69) is 5.32 Å². The fourth-order valence-electron chi connectivity index (χ4n) is 3.74. The summed E-state index contributed by atoms with van der Waals surface area (Å²) in [7, 11) is -3.74. The van der Waals surface area contributed by atoms with E-state index in [1.54, 1.807) is 24.3 Å². The van der Waals surface area contributed by atoms with Gasteiger partial charge in [0.25, 0.3) is 15.9 Å². The lowest BCUT2D eigenvalue weighted by Crippen LogP contribution is -2.30. The molecule has 3 aromatic rings. The highest BCUT2D eigenvalue weighted by molar-refractivity contribution is 7.92. The van der Waals surface area contributed by atoms with Gasteiger partial charge in [-0.2, -0.15) is 0 Å². The molecular formula is C24H24N2O4S. The van der Waals surface area contributed by atoms with Gasteiger partial charge in [-0.3, -0.25) is 9.10 Å². The van der Waals surface area contributed by atoms with Gasteiger partial charge in [-0.25, -0.2) is 8.42 Å². The number of benzene rings is 3. The first-order chi connectivity index (χ1) is 14.9. The smallest absolute Gasteiger partial charge is 0.264 e. The summed E-state index contributed by atoms with van der Waals surface area (Å²) < 4.78 is 27.8. The third-order valence-corrected chi connectivity index (χ3v) is 7.20. The van der Waals surface area contributed by atoms with Crippen molar-refractivity contribution in [1.82, 2.24) is 5.32 Å². The number of anilines is 1. The van der Waals surface area contributed by atoms with Gasteiger partial charge in [0.1, 0.15) is 5.75 Å². The van der Waals surface area contributed by atoms with Crippen molar-refractivity contribution in [3.63, 3.8) is 0 Å². The van der Waals surface area contributed by atoms with E-state index in [-0.39, 0.29) is 16.6 Å². The molecule has 1 heterocycles. The highest BCUT2D eigenvalue weighted by atomic mass is 32.2. The number of phenols is 1. The number of aromatic hydroxyl groups is 1. The lowest BCUT2D eigenvalue weighted by atomic mass is 10.1. The van der Waals surface area contributed by atoms with Gasteiger partial charge in [0, 0.05) is 18.7 Å². The molecule has 1 amide bonds. The Bertz CT molecular complexity index is 1190. The fourth-order valence-corrected chi connectivity index (χ4v) is 5.29. The summed E-state index contributed by atoms with van der Waals surface area (Å²) in [5, 5.41) is 12.2. The van der Waals surface area contributed by atoms with Gasteiger partial charge in [0.15, 0.2) is 0 Å². The molecule has 0 saturated carbocycles. The summed E-state index contributed by atoms with van der Waals surface area (Å²) in [6.07, 6.45) is 2.18. The molecule has 6 nitrogen and oxygen atoms in total. The molecule has 0 bridgehead atoms. The number of amides is 1. The molecule has 1 aliphatic rings. The Labute approximate surface area is 182 Å². The third kappa shape index (κ3) is 4.56. The van der Waals surface area contributed by atoms with Crippen molar-refractivity contribution >= 4 is 21.6 Å². The van der Waals surface area contributed by atoms with Crippen molar-refractivity contribution in [3.8, 4) is 5.75 Å². The molecule has 0 aliphatic carbocycles. The van der Waals surface area contributed by atoms with Crippen LogP contribution >= 0.6 is 0 Å². The zero-order valence-corrected chi connectivity index (χ0v) is 17.8. The summed E-state index contributed by atoms with van der Waals surface area (Å²) in [6.45, 7) is 0.867. The van der Waals surface area contributed by atoms with Crippen LogP contribution in [0.25, 0.3) is 0 Å². The van der Waals surface area contributed by atoms with E-state index in [0.29, 0.717) is 30.8 Å². The molecule has 0 saturated heterocycles. The van der Waals surface area contributed by atoms with Gasteiger partial charge in [-0.05, 0) is 66.8 Å². The number of carbonyl (C=O) groups is 1. The van der Waals surface area contributed by atoms with Crippen molar-refractivity contribution < 1.29 is 18.3 Å². The summed E-state index contributed by atoms with van der Waals surface area (Å²) in [6, 6.07) is 20.6. The lowest BCUT2D eigenvalue weighted by Gasteiger charge is -2.20. The Morgan fingerprint density at radius 1 is 1.00 bits per heavy atom. The van der Waals surface area contributed by atoms with Crippen LogP contribution < -0.4 is 9.62 Å². The first kappa shape index (κ1) is 20.9. The van der Waals surface area contributed by atoms with Crippen LogP contribution in [0.3, 0.4) is 0 Å². The molecule has 0 unspecified atom stereocenters. The van der Waals surface area contributed by atoms with Gasteiger partial charge < -0.3 is 10.4 Å². The maximum absolute atomic E-state index is 13.2. The van der Waals surface area contributed by atoms with E-state index >= 15 is 0 Å². The molecule has 0 atom stereocenters. The van der Waals surface area contributed by atoms with Crippen LogP contribution in [0.1, 0.15) is 27.9 Å². The quantitative estimate of drug-likeness (QED) is 0.555. The highest BCUT2D eigenvalue weighted by Gasteiger charge is 2.30. The van der Waals surface area contributed by atoms with E-state index in [0.717, 1.165) is 24.0 Å². The number of carbonyl (C=O) groups excluding carboxylic acids is 1. The molecule has 0 fully saturated rings. The number of aryl methyl sites for hydroxylation is 1. The Hall–Kier alpha value is -3.32. The summed E-state index contributed by atoms with van der Waals surface area (Å²) >= 11 is 0. The fraction of sp³-hybridized carbons (Fsp3) is 0.208. The zero-order valence-electron chi connectivity index (χ0n) is 17.0. The maximum Gasteiger partial charge on any atom is 0.264 e. The van der Waals surface area contributed by atoms with Crippen LogP contribution in [0.4, 0.5) is 5.69 Å². The maximum atomic E-state index is 13.2. The van der Waals surface area contributed by atoms with Crippen molar-refractivity contribution in [2.45, 2.75) is 24.2 Å². The Kier molecular flexibility index (Phi) is 5.95. The van der Waals surface area contributed by atoms with Crippen LogP contribution in [-0.2, 0) is 22.9 Å². The number of rotatable bonds is 7. The number of nitrogens with one attached hydrogen (secondary N) is 1. The minimum absolute atomic E-state index is 0.112. The molecular weight excluding hydrogens is 412 g/mol. The topological polar surface area (TPSA) is 86.7 Å². The number of hydrogen-bond acceptors (Lipinski definition) is 4. The average Bonchev–Trinajstić information content (AvgIpc) is 3.23. The van der Waals surface area contributed by atoms with E-state index in [1.165, 1.54) is 16.4 Å². The summed E-state index contributed by atoms with van der Waals surface area (Å²) in [5.41, 5.74) is 3.10. The van der Waals surface area contributed by atoms with Crippen LogP contribution in [0.5, 0.6) is 5.75 Å². The minimum Gasteiger partial charge on any atom is -0.508 e. The Balaban J connectivity index is 1.40. The summed E-state index contributed by atoms with van der Waals surface area (Å²) in [4.78, 5) is 12.7. The standard InChI is InChI=1S/C24H24N2O4S/c27-21-12-10-18(11-13-21)5-4-15-25-24(28)20-7-3-8-22(17-20)31(29,30)26-16-14-19-6-1-2-9-23(19)26/h1-3,6-13,17,27H,4-5,14-16H2,(H,25,28). The number of sulfonamides is 1. The molecule has 3 aromatic carbocycles. The van der Waals surface area contributed by atoms with Crippen molar-refractivity contribution in [2.75, 3.05) is 17.4 Å².